The Bertz CT molecular complexity index is 1850. The monoisotopic (exact) mass is 763 g/mol. The number of hydrogen-bond acceptors (Lipinski definition) is 7. The number of aromatic nitrogens is 2. The molecule has 7 nitrogen and oxygen atoms in total. The van der Waals surface area contributed by atoms with Crippen LogP contribution in [0.5, 0.6) is 0 Å². The molecule has 0 amide bonds. The van der Waals surface area contributed by atoms with Crippen LogP contribution in [0.4, 0.5) is 18.9 Å². The van der Waals surface area contributed by atoms with Gasteiger partial charge in [0.1, 0.15) is 6.54 Å². The summed E-state index contributed by atoms with van der Waals surface area (Å²) in [6.07, 6.45) is 7.18. The molecule has 0 bridgehead atoms. The van der Waals surface area contributed by atoms with Gasteiger partial charge in [0.2, 0.25) is 0 Å². The van der Waals surface area contributed by atoms with E-state index in [9.17, 15) is 13.2 Å². The van der Waals surface area contributed by atoms with Crippen LogP contribution in [-0.4, -0.2) is 72.2 Å². The number of halogens is 3. The standard InChI is InChI=1S/C43H60F3N7S/c1-30(47)40-37(24-35(26-49-40)52-21-20-51-19-10-8-15-34(51)27-52)41-38(25-42(2,3)29-54)36-23-33(16-17-39(36)53(41)28-43(44,45)46)32-14-11-13-31(22-32)12-7-5-6-9-18-50-48-4/h11,13-14,16-17,22-24,26,30,34,48,50,54H,5-10,12,15,18-21,25,27-29,47H2,1-4H3. The molecule has 4 aromatic rings. The number of nitrogens with one attached hydrogen (secondary N) is 2. The Morgan fingerprint density at radius 1 is 0.981 bits per heavy atom. The van der Waals surface area contributed by atoms with E-state index in [2.05, 4.69) is 70.9 Å². The van der Waals surface area contributed by atoms with E-state index in [1.165, 1.54) is 29.4 Å². The molecule has 2 aliphatic rings. The van der Waals surface area contributed by atoms with Gasteiger partial charge in [-0.05, 0) is 111 Å². The molecule has 0 aliphatic carbocycles. The number of piperazine rings is 1. The van der Waals surface area contributed by atoms with Crippen LogP contribution in [0.15, 0.2) is 54.7 Å². The van der Waals surface area contributed by atoms with Gasteiger partial charge in [-0.3, -0.25) is 20.7 Å². The van der Waals surface area contributed by atoms with Crippen molar-refractivity contribution in [2.75, 3.05) is 50.4 Å². The van der Waals surface area contributed by atoms with Gasteiger partial charge >= 0.3 is 6.18 Å². The minimum absolute atomic E-state index is 0.287. The maximum Gasteiger partial charge on any atom is 0.406 e. The summed E-state index contributed by atoms with van der Waals surface area (Å²) in [7, 11) is 1.89. The van der Waals surface area contributed by atoms with Gasteiger partial charge in [0.15, 0.2) is 0 Å². The van der Waals surface area contributed by atoms with E-state index in [0.717, 1.165) is 92.6 Å². The third-order valence-corrected chi connectivity index (χ3v) is 12.2. The zero-order valence-corrected chi connectivity index (χ0v) is 33.5. The van der Waals surface area contributed by atoms with Gasteiger partial charge in [-0.1, -0.05) is 63.4 Å². The Morgan fingerprint density at radius 2 is 1.78 bits per heavy atom. The fraction of sp³-hybridized carbons (Fsp3) is 0.558. The third-order valence-electron chi connectivity index (χ3n) is 11.3. The number of benzene rings is 2. The highest BCUT2D eigenvalue weighted by Gasteiger charge is 2.35. The smallest absolute Gasteiger partial charge is 0.367 e. The summed E-state index contributed by atoms with van der Waals surface area (Å²) < 4.78 is 45.5. The first kappa shape index (κ1) is 40.6. The number of nitrogens with two attached hydrogens (primary N) is 1. The normalized spacial score (nSPS) is 17.6. The number of hydrogen-bond donors (Lipinski definition) is 4. The van der Waals surface area contributed by atoms with Crippen molar-refractivity contribution in [1.29, 1.82) is 0 Å². The van der Waals surface area contributed by atoms with Gasteiger partial charge in [0.25, 0.3) is 0 Å². The van der Waals surface area contributed by atoms with Crippen molar-refractivity contribution in [2.24, 2.45) is 11.1 Å². The van der Waals surface area contributed by atoms with E-state index in [1.54, 1.807) is 0 Å². The van der Waals surface area contributed by atoms with Crippen LogP contribution in [0.3, 0.4) is 0 Å². The number of alkyl halides is 3. The summed E-state index contributed by atoms with van der Waals surface area (Å²) in [4.78, 5) is 9.88. The second kappa shape index (κ2) is 17.8. The molecule has 0 saturated carbocycles. The van der Waals surface area contributed by atoms with E-state index in [0.29, 0.717) is 40.7 Å². The molecule has 294 valence electrons. The number of unbranched alkanes of at least 4 members (excludes halogenated alkanes) is 3. The quantitative estimate of drug-likeness (QED) is 0.0519. The maximum atomic E-state index is 14.7. The lowest BCUT2D eigenvalue weighted by molar-refractivity contribution is -0.139. The Labute approximate surface area is 325 Å². The van der Waals surface area contributed by atoms with Crippen molar-refractivity contribution in [3.63, 3.8) is 0 Å². The molecule has 2 unspecified atom stereocenters. The van der Waals surface area contributed by atoms with Gasteiger partial charge in [-0.2, -0.15) is 25.8 Å². The molecule has 4 N–H and O–H groups in total. The molecule has 2 aromatic carbocycles. The highest BCUT2D eigenvalue weighted by molar-refractivity contribution is 7.80. The summed E-state index contributed by atoms with van der Waals surface area (Å²) in [5.74, 6) is 0.580. The van der Waals surface area contributed by atoms with E-state index < -0.39 is 18.8 Å². The van der Waals surface area contributed by atoms with E-state index in [4.69, 9.17) is 23.3 Å². The van der Waals surface area contributed by atoms with Crippen LogP contribution in [0.1, 0.15) is 88.6 Å². The van der Waals surface area contributed by atoms with Crippen LogP contribution in [0, 0.1) is 5.41 Å². The minimum Gasteiger partial charge on any atom is -0.367 e. The number of nitrogens with zero attached hydrogens (tertiary/aromatic N) is 4. The molecule has 54 heavy (non-hydrogen) atoms. The lowest BCUT2D eigenvalue weighted by atomic mass is 9.85. The number of pyridine rings is 1. The summed E-state index contributed by atoms with van der Waals surface area (Å²) in [5.41, 5.74) is 20.0. The molecular formula is C43H60F3N7S. The SMILES string of the molecule is CNNCCCCCCc1cccc(-c2ccc3c(c2)c(CC(C)(C)CS)c(-c2cc(N4CCN5CCCCC5C4)cnc2C(C)N)n3CC(F)(F)F)c1. The van der Waals surface area contributed by atoms with Crippen LogP contribution in [-0.2, 0) is 19.4 Å². The number of thiol groups is 1. The molecule has 6 rings (SSSR count). The van der Waals surface area contributed by atoms with E-state index >= 15 is 0 Å². The predicted octanol–water partition coefficient (Wildman–Crippen LogP) is 8.95. The molecule has 0 radical (unpaired) electrons. The zero-order chi connectivity index (χ0) is 38.5. The fourth-order valence-electron chi connectivity index (χ4n) is 8.48. The van der Waals surface area contributed by atoms with Crippen molar-refractivity contribution in [3.05, 3.63) is 71.5 Å². The predicted molar refractivity (Wildman–Crippen MR) is 221 cm³/mol. The zero-order valence-electron chi connectivity index (χ0n) is 32.6. The molecule has 2 aliphatic heterocycles. The Balaban J connectivity index is 1.45. The lowest BCUT2D eigenvalue weighted by Gasteiger charge is -2.45. The summed E-state index contributed by atoms with van der Waals surface area (Å²) in [5, 5.41) is 0.832. The number of fused-ring (bicyclic) bond motifs is 2. The Kier molecular flexibility index (Phi) is 13.4. The molecule has 2 fully saturated rings. The van der Waals surface area contributed by atoms with Crippen LogP contribution < -0.4 is 21.5 Å². The van der Waals surface area contributed by atoms with Crippen molar-refractivity contribution < 1.29 is 13.2 Å². The average molecular weight is 764 g/mol. The number of hydrazine groups is 1. The maximum absolute atomic E-state index is 14.7. The fourth-order valence-corrected chi connectivity index (χ4v) is 8.59. The van der Waals surface area contributed by atoms with Gasteiger partial charge in [-0.25, -0.2) is 0 Å². The molecular weight excluding hydrogens is 704 g/mol. The summed E-state index contributed by atoms with van der Waals surface area (Å²) in [6, 6.07) is 16.7. The Morgan fingerprint density at radius 3 is 2.54 bits per heavy atom. The minimum atomic E-state index is -4.44. The molecule has 4 heterocycles. The van der Waals surface area contributed by atoms with Crippen molar-refractivity contribution in [1.82, 2.24) is 25.3 Å². The van der Waals surface area contributed by atoms with Crippen molar-refractivity contribution in [2.45, 2.75) is 103 Å². The summed E-state index contributed by atoms with van der Waals surface area (Å²) >= 11 is 4.71. The third kappa shape index (κ3) is 9.82. The Hall–Kier alpha value is -3.09. The average Bonchev–Trinajstić information content (AvgIpc) is 3.43. The molecule has 0 spiro atoms. The highest BCUT2D eigenvalue weighted by atomic mass is 32.1. The largest absolute Gasteiger partial charge is 0.406 e. The number of anilines is 1. The van der Waals surface area contributed by atoms with Gasteiger partial charge in [0.05, 0.1) is 23.3 Å². The van der Waals surface area contributed by atoms with E-state index in [-0.39, 0.29) is 5.41 Å². The molecule has 11 heteroatoms. The van der Waals surface area contributed by atoms with E-state index in [1.807, 2.05) is 32.3 Å². The first-order valence-corrected chi connectivity index (χ1v) is 20.6. The lowest BCUT2D eigenvalue weighted by Crippen LogP contribution is -2.54. The number of rotatable bonds is 16. The summed E-state index contributed by atoms with van der Waals surface area (Å²) in [6.45, 7) is 9.84. The molecule has 2 atom stereocenters. The van der Waals surface area contributed by atoms with Gasteiger partial charge in [-0.15, -0.1) is 0 Å². The second-order valence-electron chi connectivity index (χ2n) is 16.3. The number of aryl methyl sites for hydroxylation is 1. The highest BCUT2D eigenvalue weighted by Crippen LogP contribution is 2.43. The number of piperidine rings is 1. The molecule has 2 saturated heterocycles. The van der Waals surface area contributed by atoms with Gasteiger partial charge in [0, 0.05) is 54.7 Å². The first-order chi connectivity index (χ1) is 25.9. The van der Waals surface area contributed by atoms with Crippen LogP contribution in [0.2, 0.25) is 0 Å². The van der Waals surface area contributed by atoms with Crippen LogP contribution in [0.25, 0.3) is 33.3 Å². The van der Waals surface area contributed by atoms with Crippen molar-refractivity contribution >= 4 is 29.2 Å². The molecule has 2 aromatic heterocycles. The topological polar surface area (TPSA) is 74.4 Å². The van der Waals surface area contributed by atoms with Crippen LogP contribution >= 0.6 is 12.6 Å². The first-order valence-electron chi connectivity index (χ1n) is 19.9. The second-order valence-corrected chi connectivity index (χ2v) is 16.7. The van der Waals surface area contributed by atoms with Crippen molar-refractivity contribution in [3.8, 4) is 22.4 Å². The van der Waals surface area contributed by atoms with Gasteiger partial charge < -0.3 is 15.2 Å².